The molecule has 0 saturated carbocycles. The molecule has 4 rings (SSSR count). The number of amides is 1. The number of hydrogen-bond donors (Lipinski definition) is 0. The molecular formula is C28H30FNO6S. The Bertz CT molecular complexity index is 1390. The third-order valence-electron chi connectivity index (χ3n) is 6.57. The Morgan fingerprint density at radius 1 is 0.919 bits per heavy atom. The van der Waals surface area contributed by atoms with E-state index in [1.165, 1.54) is 32.4 Å². The molecule has 0 N–H and O–H groups in total. The molecule has 196 valence electrons. The van der Waals surface area contributed by atoms with E-state index in [-0.39, 0.29) is 41.0 Å². The molecule has 1 heterocycles. The first-order valence-electron chi connectivity index (χ1n) is 11.8. The summed E-state index contributed by atoms with van der Waals surface area (Å²) in [7, 11) is -1.000. The smallest absolute Gasteiger partial charge is 0.254 e. The number of para-hydroxylation sites is 1. The minimum absolute atomic E-state index is 0.0147. The summed E-state index contributed by atoms with van der Waals surface area (Å²) in [6.07, 6.45) is -1.11. The van der Waals surface area contributed by atoms with E-state index < -0.39 is 33.6 Å². The van der Waals surface area contributed by atoms with Crippen LogP contribution in [0.4, 0.5) is 4.39 Å². The number of benzene rings is 3. The van der Waals surface area contributed by atoms with Crippen molar-refractivity contribution in [3.05, 3.63) is 88.7 Å². The van der Waals surface area contributed by atoms with Gasteiger partial charge >= 0.3 is 0 Å². The van der Waals surface area contributed by atoms with Crippen molar-refractivity contribution in [1.82, 2.24) is 4.90 Å². The number of ether oxygens (including phenoxy) is 3. The van der Waals surface area contributed by atoms with Crippen molar-refractivity contribution in [2.45, 2.75) is 36.7 Å². The van der Waals surface area contributed by atoms with Crippen molar-refractivity contribution in [3.63, 3.8) is 0 Å². The van der Waals surface area contributed by atoms with Crippen molar-refractivity contribution in [2.75, 3.05) is 27.3 Å². The van der Waals surface area contributed by atoms with Crippen LogP contribution in [0.3, 0.4) is 0 Å². The maximum Gasteiger partial charge on any atom is 0.254 e. The standard InChI is InChI=1S/C28H30FNO6S/c1-18-9-7-10-19(2)26(18)28(31)30-15-23(35-4)24(16-30)36-22-13-8-11-20(27(22)29)17-37(32,33)25-14-6-5-12-21(25)34-3/h5-14,23-24H,15-17H2,1-4H3. The molecule has 0 aromatic heterocycles. The summed E-state index contributed by atoms with van der Waals surface area (Å²) in [6.45, 7) is 4.27. The summed E-state index contributed by atoms with van der Waals surface area (Å²) in [5, 5.41) is 0. The van der Waals surface area contributed by atoms with Crippen LogP contribution in [0.25, 0.3) is 0 Å². The second kappa shape index (κ2) is 10.9. The Morgan fingerprint density at radius 3 is 2.22 bits per heavy atom. The molecule has 7 nitrogen and oxygen atoms in total. The summed E-state index contributed by atoms with van der Waals surface area (Å²) in [4.78, 5) is 14.9. The molecule has 3 aromatic rings. The average Bonchev–Trinajstić information content (AvgIpc) is 3.29. The first kappa shape index (κ1) is 26.6. The van der Waals surface area contributed by atoms with Gasteiger partial charge < -0.3 is 19.1 Å². The van der Waals surface area contributed by atoms with Crippen LogP contribution in [0.15, 0.2) is 65.6 Å². The van der Waals surface area contributed by atoms with Crippen molar-refractivity contribution >= 4 is 15.7 Å². The molecule has 9 heteroatoms. The number of hydrogen-bond acceptors (Lipinski definition) is 6. The molecule has 0 bridgehead atoms. The molecule has 1 amide bonds. The molecule has 1 aliphatic rings. The van der Waals surface area contributed by atoms with Crippen LogP contribution >= 0.6 is 0 Å². The van der Waals surface area contributed by atoms with E-state index in [4.69, 9.17) is 14.2 Å². The highest BCUT2D eigenvalue weighted by Crippen LogP contribution is 2.31. The second-order valence-electron chi connectivity index (χ2n) is 9.05. The summed E-state index contributed by atoms with van der Waals surface area (Å²) in [5.74, 6) is -1.37. The van der Waals surface area contributed by atoms with E-state index in [1.807, 2.05) is 32.0 Å². The van der Waals surface area contributed by atoms with Crippen LogP contribution in [0.5, 0.6) is 11.5 Å². The van der Waals surface area contributed by atoms with Gasteiger partial charge in [0.2, 0.25) is 0 Å². The van der Waals surface area contributed by atoms with Gasteiger partial charge in [0, 0.05) is 18.2 Å². The lowest BCUT2D eigenvalue weighted by molar-refractivity contribution is 0.0322. The van der Waals surface area contributed by atoms with Crippen LogP contribution in [0.2, 0.25) is 0 Å². The van der Waals surface area contributed by atoms with E-state index in [1.54, 1.807) is 29.2 Å². The highest BCUT2D eigenvalue weighted by atomic mass is 32.2. The first-order valence-corrected chi connectivity index (χ1v) is 13.5. The van der Waals surface area contributed by atoms with Crippen molar-refractivity contribution in [2.24, 2.45) is 0 Å². The number of likely N-dealkylation sites (tertiary alicyclic amines) is 1. The molecule has 1 fully saturated rings. The van der Waals surface area contributed by atoms with Gasteiger partial charge in [-0.2, -0.15) is 0 Å². The molecule has 2 unspecified atom stereocenters. The summed E-state index contributed by atoms with van der Waals surface area (Å²) in [6, 6.07) is 16.3. The fourth-order valence-electron chi connectivity index (χ4n) is 4.64. The molecule has 3 aromatic carbocycles. The number of rotatable bonds is 8. The number of carbonyl (C=O) groups excluding carboxylic acids is 1. The third-order valence-corrected chi connectivity index (χ3v) is 8.27. The number of halogens is 1. The highest BCUT2D eigenvalue weighted by molar-refractivity contribution is 7.90. The van der Waals surface area contributed by atoms with Crippen LogP contribution in [-0.4, -0.2) is 58.7 Å². The second-order valence-corrected chi connectivity index (χ2v) is 11.0. The minimum atomic E-state index is -3.90. The van der Waals surface area contributed by atoms with Gasteiger partial charge in [0.05, 0.1) is 26.0 Å². The molecular weight excluding hydrogens is 497 g/mol. The first-order chi connectivity index (χ1) is 17.7. The summed E-state index contributed by atoms with van der Waals surface area (Å²) < 4.78 is 58.3. The van der Waals surface area contributed by atoms with E-state index in [9.17, 15) is 13.2 Å². The van der Waals surface area contributed by atoms with Gasteiger partial charge in [-0.25, -0.2) is 12.8 Å². The zero-order valence-corrected chi connectivity index (χ0v) is 22.0. The topological polar surface area (TPSA) is 82.1 Å². The van der Waals surface area contributed by atoms with Gasteiger partial charge in [-0.15, -0.1) is 0 Å². The Morgan fingerprint density at radius 2 is 1.54 bits per heavy atom. The fraction of sp³-hybridized carbons (Fsp3) is 0.321. The largest absolute Gasteiger partial charge is 0.495 e. The van der Waals surface area contributed by atoms with Gasteiger partial charge in [-0.3, -0.25) is 4.79 Å². The number of sulfone groups is 1. The SMILES string of the molecule is COc1ccccc1S(=O)(=O)Cc1cccc(OC2CN(C(=O)c3c(C)cccc3C)CC2OC)c1F. The van der Waals surface area contributed by atoms with Crippen LogP contribution < -0.4 is 9.47 Å². The van der Waals surface area contributed by atoms with Crippen LogP contribution in [0, 0.1) is 19.7 Å². The summed E-state index contributed by atoms with van der Waals surface area (Å²) in [5.41, 5.74) is 2.35. The lowest BCUT2D eigenvalue weighted by Crippen LogP contribution is -2.32. The molecule has 2 atom stereocenters. The lowest BCUT2D eigenvalue weighted by Gasteiger charge is -2.20. The zero-order valence-electron chi connectivity index (χ0n) is 21.2. The number of methoxy groups -OCH3 is 2. The van der Waals surface area contributed by atoms with E-state index in [0.717, 1.165) is 11.1 Å². The van der Waals surface area contributed by atoms with Gasteiger partial charge in [0.25, 0.3) is 5.91 Å². The maximum absolute atomic E-state index is 15.5. The van der Waals surface area contributed by atoms with Gasteiger partial charge in [0.15, 0.2) is 21.4 Å². The number of aryl methyl sites for hydroxylation is 2. The Hall–Kier alpha value is -3.43. The van der Waals surface area contributed by atoms with Crippen molar-refractivity contribution in [3.8, 4) is 11.5 Å². The zero-order chi connectivity index (χ0) is 26.7. The van der Waals surface area contributed by atoms with Gasteiger partial charge in [-0.05, 0) is 43.2 Å². The van der Waals surface area contributed by atoms with Gasteiger partial charge in [-0.1, -0.05) is 42.5 Å². The maximum atomic E-state index is 15.5. The van der Waals surface area contributed by atoms with Gasteiger partial charge in [0.1, 0.15) is 22.9 Å². The number of carbonyl (C=O) groups is 1. The van der Waals surface area contributed by atoms with Crippen molar-refractivity contribution < 1.29 is 31.8 Å². The number of nitrogens with zero attached hydrogens (tertiary/aromatic N) is 1. The molecule has 0 radical (unpaired) electrons. The predicted octanol–water partition coefficient (Wildman–Crippen LogP) is 4.34. The Balaban J connectivity index is 1.55. The Kier molecular flexibility index (Phi) is 7.85. The minimum Gasteiger partial charge on any atom is -0.495 e. The monoisotopic (exact) mass is 527 g/mol. The quantitative estimate of drug-likeness (QED) is 0.434. The highest BCUT2D eigenvalue weighted by Gasteiger charge is 2.38. The molecule has 0 aliphatic carbocycles. The van der Waals surface area contributed by atoms with E-state index >= 15 is 4.39 Å². The Labute approximate surface area is 216 Å². The van der Waals surface area contributed by atoms with Crippen molar-refractivity contribution in [1.29, 1.82) is 0 Å². The van der Waals surface area contributed by atoms with Crippen LogP contribution in [-0.2, 0) is 20.3 Å². The third kappa shape index (κ3) is 5.47. The van der Waals surface area contributed by atoms with E-state index in [0.29, 0.717) is 5.56 Å². The van der Waals surface area contributed by atoms with E-state index in [2.05, 4.69) is 0 Å². The summed E-state index contributed by atoms with van der Waals surface area (Å²) >= 11 is 0. The fourth-order valence-corrected chi connectivity index (χ4v) is 6.17. The normalized spacial score (nSPS) is 17.6. The molecule has 1 aliphatic heterocycles. The predicted molar refractivity (Wildman–Crippen MR) is 137 cm³/mol. The molecule has 1 saturated heterocycles. The molecule has 0 spiro atoms. The molecule has 37 heavy (non-hydrogen) atoms. The van der Waals surface area contributed by atoms with Crippen LogP contribution in [0.1, 0.15) is 27.0 Å². The average molecular weight is 528 g/mol. The lowest BCUT2D eigenvalue weighted by atomic mass is 10.0.